The van der Waals surface area contributed by atoms with Gasteiger partial charge < -0.3 is 15.4 Å². The molecule has 0 aliphatic heterocycles. The molecule has 0 bridgehead atoms. The number of carbonyl (C=O) groups excluding carboxylic acids is 1. The van der Waals surface area contributed by atoms with Crippen molar-refractivity contribution in [2.45, 2.75) is 31.7 Å². The number of halogens is 1. The molecule has 1 fully saturated rings. The van der Waals surface area contributed by atoms with Crippen LogP contribution in [0.5, 0.6) is 0 Å². The monoisotopic (exact) mass is 330 g/mol. The van der Waals surface area contributed by atoms with E-state index < -0.39 is 0 Å². The van der Waals surface area contributed by atoms with Gasteiger partial charge in [-0.2, -0.15) is 5.10 Å². The first-order valence-corrected chi connectivity index (χ1v) is 7.53. The second-order valence-electron chi connectivity index (χ2n) is 5.98. The van der Waals surface area contributed by atoms with E-state index in [0.717, 1.165) is 25.1 Å². The Morgan fingerprint density at radius 2 is 2.27 bits per heavy atom. The third-order valence-corrected chi connectivity index (χ3v) is 4.50. The van der Waals surface area contributed by atoms with Crippen molar-refractivity contribution in [1.82, 2.24) is 20.4 Å². The van der Waals surface area contributed by atoms with Crippen molar-refractivity contribution < 1.29 is 9.53 Å². The first kappa shape index (κ1) is 18.9. The Morgan fingerprint density at radius 1 is 1.55 bits per heavy atom. The average molecular weight is 331 g/mol. The molecule has 1 aliphatic rings. The van der Waals surface area contributed by atoms with E-state index in [1.807, 2.05) is 13.2 Å². The van der Waals surface area contributed by atoms with Crippen LogP contribution in [0.1, 0.15) is 37.3 Å². The lowest BCUT2D eigenvalue weighted by Gasteiger charge is -2.42. The normalized spacial score (nSPS) is 17.2. The Bertz CT molecular complexity index is 474. The predicted molar refractivity (Wildman–Crippen MR) is 88.0 cm³/mol. The van der Waals surface area contributed by atoms with E-state index in [9.17, 15) is 4.79 Å². The molecule has 1 aromatic rings. The zero-order chi connectivity index (χ0) is 15.3. The molecule has 22 heavy (non-hydrogen) atoms. The van der Waals surface area contributed by atoms with Gasteiger partial charge in [0.05, 0.1) is 6.20 Å². The number of hydrogen-bond donors (Lipinski definition) is 2. The van der Waals surface area contributed by atoms with Crippen molar-refractivity contribution >= 4 is 18.3 Å². The van der Waals surface area contributed by atoms with Crippen molar-refractivity contribution in [2.24, 2.45) is 12.5 Å². The summed E-state index contributed by atoms with van der Waals surface area (Å²) in [7, 11) is 5.37. The van der Waals surface area contributed by atoms with E-state index in [4.69, 9.17) is 4.74 Å². The van der Waals surface area contributed by atoms with Gasteiger partial charge in [0, 0.05) is 39.1 Å². The van der Waals surface area contributed by atoms with Crippen LogP contribution in [0.2, 0.25) is 0 Å². The van der Waals surface area contributed by atoms with E-state index in [0.29, 0.717) is 0 Å². The van der Waals surface area contributed by atoms with Crippen LogP contribution in [0.25, 0.3) is 0 Å². The highest BCUT2D eigenvalue weighted by molar-refractivity contribution is 5.85. The van der Waals surface area contributed by atoms with Crippen molar-refractivity contribution in [2.75, 3.05) is 27.3 Å². The van der Waals surface area contributed by atoms with Gasteiger partial charge in [0.1, 0.15) is 6.04 Å². The summed E-state index contributed by atoms with van der Waals surface area (Å²) in [5, 5.41) is 10.3. The van der Waals surface area contributed by atoms with E-state index in [2.05, 4.69) is 15.7 Å². The van der Waals surface area contributed by atoms with E-state index in [1.165, 1.54) is 19.3 Å². The van der Waals surface area contributed by atoms with Gasteiger partial charge in [-0.3, -0.25) is 9.48 Å². The molecule has 2 N–H and O–H groups in total. The molecule has 0 spiro atoms. The number of aromatic nitrogens is 2. The molecule has 1 unspecified atom stereocenters. The summed E-state index contributed by atoms with van der Waals surface area (Å²) in [6, 6.07) is -0.349. The first-order chi connectivity index (χ1) is 10.1. The molecule has 0 saturated heterocycles. The molecule has 1 aromatic heterocycles. The molecule has 126 valence electrons. The van der Waals surface area contributed by atoms with Gasteiger partial charge in [0.15, 0.2) is 0 Å². The molecule has 1 heterocycles. The Morgan fingerprint density at radius 3 is 2.73 bits per heavy atom. The van der Waals surface area contributed by atoms with Crippen LogP contribution in [0.4, 0.5) is 0 Å². The van der Waals surface area contributed by atoms with Gasteiger partial charge in [-0.1, -0.05) is 6.42 Å². The fraction of sp³-hybridized carbons (Fsp3) is 0.733. The summed E-state index contributed by atoms with van der Waals surface area (Å²) in [5.41, 5.74) is 1.12. The minimum absolute atomic E-state index is 0. The Kier molecular flexibility index (Phi) is 7.32. The number of carbonyl (C=O) groups is 1. The van der Waals surface area contributed by atoms with Crippen LogP contribution in [-0.2, 0) is 16.6 Å². The number of nitrogens with zero attached hydrogens (tertiary/aromatic N) is 2. The number of hydrogen-bond acceptors (Lipinski definition) is 4. The predicted octanol–water partition coefficient (Wildman–Crippen LogP) is 1.43. The molecule has 1 saturated carbocycles. The van der Waals surface area contributed by atoms with E-state index in [-0.39, 0.29) is 29.8 Å². The lowest BCUT2D eigenvalue weighted by Crippen LogP contribution is -2.45. The van der Waals surface area contributed by atoms with Crippen LogP contribution in [-0.4, -0.2) is 43.0 Å². The van der Waals surface area contributed by atoms with Crippen molar-refractivity contribution in [3.8, 4) is 0 Å². The smallest absolute Gasteiger partial charge is 0.241 e. The lowest BCUT2D eigenvalue weighted by atomic mass is 9.66. The van der Waals surface area contributed by atoms with Crippen LogP contribution in [0, 0.1) is 5.41 Å². The quantitative estimate of drug-likeness (QED) is 0.756. The third kappa shape index (κ3) is 4.44. The highest BCUT2D eigenvalue weighted by Gasteiger charge is 2.37. The van der Waals surface area contributed by atoms with Crippen molar-refractivity contribution in [1.29, 1.82) is 0 Å². The molecule has 7 heteroatoms. The Hall–Kier alpha value is -1.11. The van der Waals surface area contributed by atoms with Gasteiger partial charge in [-0.05, 0) is 31.7 Å². The Balaban J connectivity index is 0.00000242. The van der Waals surface area contributed by atoms with Crippen molar-refractivity contribution in [3.63, 3.8) is 0 Å². The third-order valence-electron chi connectivity index (χ3n) is 4.50. The highest BCUT2D eigenvalue weighted by Crippen LogP contribution is 2.43. The van der Waals surface area contributed by atoms with Crippen molar-refractivity contribution in [3.05, 3.63) is 18.0 Å². The number of methoxy groups -OCH3 is 1. The van der Waals surface area contributed by atoms with E-state index in [1.54, 1.807) is 25.0 Å². The number of ether oxygens (including phenoxy) is 1. The molecule has 0 aromatic carbocycles. The average Bonchev–Trinajstić information content (AvgIpc) is 2.84. The Labute approximate surface area is 138 Å². The molecule has 6 nitrogen and oxygen atoms in total. The lowest BCUT2D eigenvalue weighted by molar-refractivity contribution is -0.124. The fourth-order valence-electron chi connectivity index (χ4n) is 2.93. The zero-order valence-electron chi connectivity index (χ0n) is 13.6. The van der Waals surface area contributed by atoms with Gasteiger partial charge in [-0.15, -0.1) is 12.4 Å². The number of nitrogens with one attached hydrogen (secondary N) is 2. The number of amides is 1. The summed E-state index contributed by atoms with van der Waals surface area (Å²) in [6.07, 6.45) is 8.20. The zero-order valence-corrected chi connectivity index (χ0v) is 14.4. The van der Waals surface area contributed by atoms with Crippen LogP contribution >= 0.6 is 12.4 Å². The largest absolute Gasteiger partial charge is 0.385 e. The topological polar surface area (TPSA) is 68.2 Å². The van der Waals surface area contributed by atoms with Crippen LogP contribution < -0.4 is 10.6 Å². The van der Waals surface area contributed by atoms with Gasteiger partial charge in [0.25, 0.3) is 0 Å². The molecule has 1 atom stereocenters. The molecule has 2 rings (SSSR count). The number of rotatable bonds is 8. The molecule has 0 radical (unpaired) electrons. The maximum atomic E-state index is 12.4. The summed E-state index contributed by atoms with van der Waals surface area (Å²) in [4.78, 5) is 12.4. The number of aryl methyl sites for hydroxylation is 1. The van der Waals surface area contributed by atoms with Gasteiger partial charge in [0.2, 0.25) is 5.91 Å². The fourth-order valence-corrected chi connectivity index (χ4v) is 2.93. The molecule has 1 aliphatic carbocycles. The van der Waals surface area contributed by atoms with Gasteiger partial charge in [-0.25, -0.2) is 0 Å². The first-order valence-electron chi connectivity index (χ1n) is 7.53. The minimum Gasteiger partial charge on any atom is -0.385 e. The van der Waals surface area contributed by atoms with Crippen LogP contribution in [0.15, 0.2) is 12.4 Å². The van der Waals surface area contributed by atoms with Crippen LogP contribution in [0.3, 0.4) is 0 Å². The van der Waals surface area contributed by atoms with Gasteiger partial charge >= 0.3 is 0 Å². The number of likely N-dealkylation sites (N-methyl/N-ethyl adjacent to an activating group) is 1. The molecule has 1 amide bonds. The standard InChI is InChI=1S/C15H26N4O2.ClH/c1-16-13(12-9-18-19(2)10-12)14(20)17-11-15(5-4-6-15)7-8-21-3;/h9-10,13,16H,4-8,11H2,1-3H3,(H,17,20);1H. The second-order valence-corrected chi connectivity index (χ2v) is 5.98. The van der Waals surface area contributed by atoms with E-state index >= 15 is 0 Å². The molecular weight excluding hydrogens is 304 g/mol. The highest BCUT2D eigenvalue weighted by atomic mass is 35.5. The maximum Gasteiger partial charge on any atom is 0.241 e. The minimum atomic E-state index is -0.349. The summed E-state index contributed by atoms with van der Waals surface area (Å²) in [5.74, 6) is 0.00851. The SMILES string of the molecule is CNC(C(=O)NCC1(CCOC)CCC1)c1cnn(C)c1.Cl. The molecular formula is C15H27ClN4O2. The second kappa shape index (κ2) is 8.50. The maximum absolute atomic E-state index is 12.4. The summed E-state index contributed by atoms with van der Waals surface area (Å²) in [6.45, 7) is 1.49. The summed E-state index contributed by atoms with van der Waals surface area (Å²) < 4.78 is 6.89. The summed E-state index contributed by atoms with van der Waals surface area (Å²) >= 11 is 0.